The summed E-state index contributed by atoms with van der Waals surface area (Å²) < 4.78 is 0. The fraction of sp³-hybridized carbons (Fsp3) is 0.222. The zero-order chi connectivity index (χ0) is 8.81. The Labute approximate surface area is 76.7 Å². The maximum atomic E-state index is 11.1. The minimum absolute atomic E-state index is 0.0482. The van der Waals surface area contributed by atoms with Crippen molar-refractivity contribution in [2.45, 2.75) is 6.42 Å². The van der Waals surface area contributed by atoms with Crippen molar-refractivity contribution in [1.29, 1.82) is 0 Å². The topological polar surface area (TPSA) is 32.9 Å². The van der Waals surface area contributed by atoms with E-state index in [0.29, 0.717) is 5.56 Å². The maximum absolute atomic E-state index is 11.1. The lowest BCUT2D eigenvalue weighted by Crippen LogP contribution is -2.06. The van der Waals surface area contributed by atoms with Gasteiger partial charge in [-0.15, -0.1) is 0 Å². The second-order valence-electron chi connectivity index (χ2n) is 2.37. The van der Waals surface area contributed by atoms with Crippen LogP contribution in [0.15, 0.2) is 29.2 Å². The second kappa shape index (κ2) is 4.83. The molecule has 0 radical (unpaired) electrons. The molecule has 2 nitrogen and oxygen atoms in total. The summed E-state index contributed by atoms with van der Waals surface area (Å²) >= 11 is 4.06. The molecule has 0 unspecified atom stereocenters. The van der Waals surface area contributed by atoms with Crippen LogP contribution in [0.2, 0.25) is 0 Å². The minimum Gasteiger partial charge on any atom is -0.329 e. The van der Waals surface area contributed by atoms with Gasteiger partial charge in [-0.05, 0) is 24.3 Å². The van der Waals surface area contributed by atoms with E-state index in [9.17, 15) is 4.79 Å². The number of aromatic nitrogens is 1. The molecule has 0 aliphatic heterocycles. The average Bonchev–Trinajstić information content (AvgIpc) is 2.09. The van der Waals surface area contributed by atoms with Crippen LogP contribution in [0, 0.1) is 0 Å². The summed E-state index contributed by atoms with van der Waals surface area (Å²) in [7, 11) is 0. The zero-order valence-corrected chi connectivity index (χ0v) is 7.55. The molecule has 0 amide bonds. The SMILES string of the molecule is O=c1[nH]cccc1C=CCCS. The lowest BCUT2D eigenvalue weighted by Gasteiger charge is -1.89. The Kier molecular flexibility index (Phi) is 3.67. The van der Waals surface area contributed by atoms with Crippen molar-refractivity contribution in [3.05, 3.63) is 40.3 Å². The standard InChI is InChI=1S/C9H11NOS/c11-9-8(4-1-2-7-12)5-3-6-10-9/h1,3-6,12H,2,7H2,(H,10,11). The molecule has 0 spiro atoms. The van der Waals surface area contributed by atoms with Crippen LogP contribution in [-0.2, 0) is 0 Å². The van der Waals surface area contributed by atoms with Gasteiger partial charge in [0.2, 0.25) is 0 Å². The van der Waals surface area contributed by atoms with Crippen LogP contribution in [0.5, 0.6) is 0 Å². The number of pyridine rings is 1. The molecular weight excluding hydrogens is 170 g/mol. The Hall–Kier alpha value is -0.960. The minimum atomic E-state index is -0.0482. The Balaban J connectivity index is 2.76. The Morgan fingerprint density at radius 2 is 2.42 bits per heavy atom. The molecule has 3 heteroatoms. The highest BCUT2D eigenvalue weighted by atomic mass is 32.1. The molecule has 1 aromatic heterocycles. The Bertz CT molecular complexity index is 316. The van der Waals surface area contributed by atoms with Crippen LogP contribution < -0.4 is 5.56 Å². The van der Waals surface area contributed by atoms with Gasteiger partial charge in [-0.1, -0.05) is 12.2 Å². The molecule has 64 valence electrons. The first-order chi connectivity index (χ1) is 5.84. The fourth-order valence-corrected chi connectivity index (χ4v) is 1.000. The van der Waals surface area contributed by atoms with Crippen LogP contribution in [0.1, 0.15) is 12.0 Å². The number of allylic oxidation sites excluding steroid dienone is 1. The van der Waals surface area contributed by atoms with Crippen LogP contribution >= 0.6 is 12.6 Å². The molecule has 0 saturated carbocycles. The first-order valence-electron chi connectivity index (χ1n) is 3.79. The summed E-state index contributed by atoms with van der Waals surface area (Å²) in [6.45, 7) is 0. The molecule has 0 atom stereocenters. The summed E-state index contributed by atoms with van der Waals surface area (Å²) in [4.78, 5) is 13.7. The zero-order valence-electron chi connectivity index (χ0n) is 6.66. The monoisotopic (exact) mass is 181 g/mol. The predicted octanol–water partition coefficient (Wildman–Crippen LogP) is 1.71. The molecule has 0 aliphatic carbocycles. The first-order valence-corrected chi connectivity index (χ1v) is 4.43. The number of hydrogen-bond donors (Lipinski definition) is 2. The lowest BCUT2D eigenvalue weighted by molar-refractivity contribution is 1.22. The summed E-state index contributed by atoms with van der Waals surface area (Å²) in [5.41, 5.74) is 0.646. The van der Waals surface area contributed by atoms with Gasteiger partial charge in [0.25, 0.3) is 5.56 Å². The molecule has 0 aliphatic rings. The third kappa shape index (κ3) is 2.58. The molecule has 12 heavy (non-hydrogen) atoms. The maximum Gasteiger partial charge on any atom is 0.255 e. The van der Waals surface area contributed by atoms with Gasteiger partial charge in [-0.2, -0.15) is 12.6 Å². The second-order valence-corrected chi connectivity index (χ2v) is 2.82. The highest BCUT2D eigenvalue weighted by molar-refractivity contribution is 7.80. The van der Waals surface area contributed by atoms with E-state index in [1.807, 2.05) is 18.2 Å². The van der Waals surface area contributed by atoms with E-state index < -0.39 is 0 Å². The molecule has 0 fully saturated rings. The van der Waals surface area contributed by atoms with Crippen LogP contribution in [0.3, 0.4) is 0 Å². The van der Waals surface area contributed by atoms with Crippen molar-refractivity contribution < 1.29 is 0 Å². The third-order valence-electron chi connectivity index (χ3n) is 1.44. The van der Waals surface area contributed by atoms with E-state index in [1.165, 1.54) is 0 Å². The Morgan fingerprint density at radius 3 is 3.08 bits per heavy atom. The molecule has 0 bridgehead atoms. The fourth-order valence-electron chi connectivity index (χ4n) is 0.851. The van der Waals surface area contributed by atoms with Crippen LogP contribution in [-0.4, -0.2) is 10.7 Å². The summed E-state index contributed by atoms with van der Waals surface area (Å²) in [5.74, 6) is 0.807. The number of aromatic amines is 1. The van der Waals surface area contributed by atoms with Gasteiger partial charge >= 0.3 is 0 Å². The normalized spacial score (nSPS) is 10.8. The molecule has 0 aromatic carbocycles. The van der Waals surface area contributed by atoms with Gasteiger partial charge in [0.1, 0.15) is 0 Å². The van der Waals surface area contributed by atoms with Crippen molar-refractivity contribution in [2.75, 3.05) is 5.75 Å². The number of thiol groups is 1. The van der Waals surface area contributed by atoms with Gasteiger partial charge in [0.05, 0.1) is 0 Å². The van der Waals surface area contributed by atoms with E-state index in [2.05, 4.69) is 17.6 Å². The number of rotatable bonds is 3. The highest BCUT2D eigenvalue weighted by Crippen LogP contribution is 1.95. The number of hydrogen-bond acceptors (Lipinski definition) is 2. The molecule has 1 rings (SSSR count). The van der Waals surface area contributed by atoms with Gasteiger partial charge < -0.3 is 4.98 Å². The van der Waals surface area contributed by atoms with Gasteiger partial charge in [-0.25, -0.2) is 0 Å². The van der Waals surface area contributed by atoms with E-state index in [-0.39, 0.29) is 5.56 Å². The quantitative estimate of drug-likeness (QED) is 0.684. The number of H-pyrrole nitrogens is 1. The van der Waals surface area contributed by atoms with E-state index >= 15 is 0 Å². The average molecular weight is 181 g/mol. The first kappa shape index (κ1) is 9.13. The largest absolute Gasteiger partial charge is 0.329 e. The molecule has 1 aromatic rings. The van der Waals surface area contributed by atoms with Crippen LogP contribution in [0.25, 0.3) is 6.08 Å². The third-order valence-corrected chi connectivity index (χ3v) is 1.70. The lowest BCUT2D eigenvalue weighted by atomic mass is 10.2. The van der Waals surface area contributed by atoms with Crippen molar-refractivity contribution >= 4 is 18.7 Å². The van der Waals surface area contributed by atoms with E-state index in [4.69, 9.17) is 0 Å². The summed E-state index contributed by atoms with van der Waals surface area (Å²) in [6, 6.07) is 3.59. The van der Waals surface area contributed by atoms with Crippen molar-refractivity contribution in [3.8, 4) is 0 Å². The van der Waals surface area contributed by atoms with Crippen molar-refractivity contribution in [2.24, 2.45) is 0 Å². The Morgan fingerprint density at radius 1 is 1.58 bits per heavy atom. The summed E-state index contributed by atoms with van der Waals surface area (Å²) in [6.07, 6.45) is 6.27. The van der Waals surface area contributed by atoms with Gasteiger partial charge in [-0.3, -0.25) is 4.79 Å². The van der Waals surface area contributed by atoms with Crippen molar-refractivity contribution in [1.82, 2.24) is 4.98 Å². The van der Waals surface area contributed by atoms with Gasteiger partial charge in [0, 0.05) is 11.8 Å². The molecule has 1 heterocycles. The number of nitrogens with one attached hydrogen (secondary N) is 1. The highest BCUT2D eigenvalue weighted by Gasteiger charge is 1.89. The molecular formula is C9H11NOS. The van der Waals surface area contributed by atoms with Crippen LogP contribution in [0.4, 0.5) is 0 Å². The predicted molar refractivity (Wildman–Crippen MR) is 54.6 cm³/mol. The summed E-state index contributed by atoms with van der Waals surface area (Å²) in [5, 5.41) is 0. The molecule has 0 saturated heterocycles. The smallest absolute Gasteiger partial charge is 0.255 e. The van der Waals surface area contributed by atoms with Gasteiger partial charge in [0.15, 0.2) is 0 Å². The van der Waals surface area contributed by atoms with Crippen molar-refractivity contribution in [3.63, 3.8) is 0 Å². The van der Waals surface area contributed by atoms with E-state index in [0.717, 1.165) is 12.2 Å². The molecule has 1 N–H and O–H groups in total. The van der Waals surface area contributed by atoms with E-state index in [1.54, 1.807) is 12.3 Å².